The summed E-state index contributed by atoms with van der Waals surface area (Å²) in [6.07, 6.45) is 2.37. The minimum Gasteiger partial charge on any atom is -0.350 e. The first-order valence-electron chi connectivity index (χ1n) is 7.05. The van der Waals surface area contributed by atoms with E-state index in [0.29, 0.717) is 18.0 Å². The van der Waals surface area contributed by atoms with Crippen LogP contribution in [-0.4, -0.2) is 23.5 Å². The molecule has 0 aliphatic heterocycles. The fourth-order valence-corrected chi connectivity index (χ4v) is 2.42. The van der Waals surface area contributed by atoms with Gasteiger partial charge >= 0.3 is 0 Å². The minimum atomic E-state index is -0.0928. The van der Waals surface area contributed by atoms with Crippen LogP contribution in [0.2, 0.25) is 0 Å². The minimum absolute atomic E-state index is 0. The Hall–Kier alpha value is -1.36. The van der Waals surface area contributed by atoms with Crippen molar-refractivity contribution in [1.82, 2.24) is 10.3 Å². The maximum absolute atomic E-state index is 12.3. The summed E-state index contributed by atoms with van der Waals surface area (Å²) in [5.41, 5.74) is 8.30. The zero-order chi connectivity index (χ0) is 14.1. The number of carbonyl (C=O) groups excluding carboxylic acids is 1. The molecule has 0 radical (unpaired) electrons. The van der Waals surface area contributed by atoms with Crippen molar-refractivity contribution < 1.29 is 4.79 Å². The molecule has 3 N–H and O–H groups in total. The van der Waals surface area contributed by atoms with E-state index in [1.54, 1.807) is 0 Å². The zero-order valence-corrected chi connectivity index (χ0v) is 14.0. The Labute approximate surface area is 142 Å². The number of pyridine rings is 1. The first kappa shape index (κ1) is 18.7. The molecule has 3 rings (SSSR count). The molecule has 1 aromatic heterocycles. The van der Waals surface area contributed by atoms with Crippen LogP contribution in [0.4, 0.5) is 0 Å². The van der Waals surface area contributed by atoms with E-state index in [2.05, 4.69) is 10.3 Å². The van der Waals surface area contributed by atoms with Crippen molar-refractivity contribution >= 4 is 41.6 Å². The lowest BCUT2D eigenvalue weighted by Crippen LogP contribution is -2.38. The van der Waals surface area contributed by atoms with Gasteiger partial charge in [-0.1, -0.05) is 18.2 Å². The van der Waals surface area contributed by atoms with Gasteiger partial charge in [-0.2, -0.15) is 0 Å². The Kier molecular flexibility index (Phi) is 6.60. The van der Waals surface area contributed by atoms with Gasteiger partial charge in [0.15, 0.2) is 0 Å². The van der Waals surface area contributed by atoms with Crippen molar-refractivity contribution in [2.75, 3.05) is 6.54 Å². The van der Waals surface area contributed by atoms with Gasteiger partial charge in [-0.25, -0.2) is 0 Å². The Morgan fingerprint density at radius 2 is 2.05 bits per heavy atom. The predicted octanol–water partition coefficient (Wildman–Crippen LogP) is 2.85. The van der Waals surface area contributed by atoms with E-state index >= 15 is 0 Å². The number of nitrogens with two attached hydrogens (primary N) is 1. The molecule has 1 fully saturated rings. The number of hydrogen-bond acceptors (Lipinski definition) is 3. The lowest BCUT2D eigenvalue weighted by Gasteiger charge is -2.12. The maximum Gasteiger partial charge on any atom is 0.253 e. The number of aromatic nitrogens is 1. The molecule has 2 aromatic rings. The van der Waals surface area contributed by atoms with Crippen LogP contribution >= 0.6 is 24.8 Å². The Morgan fingerprint density at radius 1 is 1.32 bits per heavy atom. The molecular weight excluding hydrogens is 321 g/mol. The van der Waals surface area contributed by atoms with Crippen molar-refractivity contribution in [2.45, 2.75) is 25.8 Å². The molecule has 0 saturated heterocycles. The third-order valence-electron chi connectivity index (χ3n) is 3.83. The highest BCUT2D eigenvalue weighted by molar-refractivity contribution is 6.05. The van der Waals surface area contributed by atoms with E-state index in [1.807, 2.05) is 37.3 Å². The van der Waals surface area contributed by atoms with Crippen LogP contribution in [0.3, 0.4) is 0 Å². The van der Waals surface area contributed by atoms with Crippen molar-refractivity contribution in [2.24, 2.45) is 11.7 Å². The summed E-state index contributed by atoms with van der Waals surface area (Å²) in [4.78, 5) is 16.8. The smallest absolute Gasteiger partial charge is 0.253 e. The molecule has 1 atom stereocenters. The molecule has 1 aliphatic carbocycles. The number of carbonyl (C=O) groups is 1. The number of fused-ring (bicyclic) bond motifs is 1. The average Bonchev–Trinajstić information content (AvgIpc) is 3.28. The number of aryl methyl sites for hydroxylation is 1. The van der Waals surface area contributed by atoms with Gasteiger partial charge in [0, 0.05) is 23.7 Å². The average molecular weight is 342 g/mol. The van der Waals surface area contributed by atoms with Gasteiger partial charge in [-0.05, 0) is 37.8 Å². The predicted molar refractivity (Wildman–Crippen MR) is 94.0 cm³/mol. The lowest BCUT2D eigenvalue weighted by molar-refractivity contribution is 0.0952. The molecule has 1 aliphatic rings. The molecular formula is C16H21Cl2N3O. The lowest BCUT2D eigenvalue weighted by atomic mass is 10.1. The summed E-state index contributed by atoms with van der Waals surface area (Å²) < 4.78 is 0. The van der Waals surface area contributed by atoms with Crippen molar-refractivity contribution in [3.05, 3.63) is 41.6 Å². The molecule has 1 unspecified atom stereocenters. The number of benzene rings is 1. The monoisotopic (exact) mass is 341 g/mol. The van der Waals surface area contributed by atoms with Crippen LogP contribution in [0.25, 0.3) is 10.9 Å². The number of nitrogens with zero attached hydrogens (tertiary/aromatic N) is 1. The standard InChI is InChI=1S/C16H19N3O.2ClH/c1-10-5-6-12-3-2-4-13(15(12)19-10)16(20)18-9-14(17)11-7-8-11;;/h2-6,11,14H,7-9,17H2,1H3,(H,18,20);2*1H. The van der Waals surface area contributed by atoms with Crippen LogP contribution in [0.5, 0.6) is 0 Å². The van der Waals surface area contributed by atoms with Crippen LogP contribution in [-0.2, 0) is 0 Å². The highest BCUT2D eigenvalue weighted by Crippen LogP contribution is 2.31. The van der Waals surface area contributed by atoms with E-state index in [4.69, 9.17) is 5.73 Å². The highest BCUT2D eigenvalue weighted by atomic mass is 35.5. The van der Waals surface area contributed by atoms with Crippen LogP contribution in [0, 0.1) is 12.8 Å². The second-order valence-corrected chi connectivity index (χ2v) is 5.54. The molecule has 1 amide bonds. The molecule has 120 valence electrons. The SMILES string of the molecule is Cc1ccc2cccc(C(=O)NCC(N)C3CC3)c2n1.Cl.Cl. The van der Waals surface area contributed by atoms with Crippen molar-refractivity contribution in [3.8, 4) is 0 Å². The Balaban J connectivity index is 0.00000121. The molecule has 1 saturated carbocycles. The van der Waals surface area contributed by atoms with E-state index in [0.717, 1.165) is 16.6 Å². The topological polar surface area (TPSA) is 68.0 Å². The van der Waals surface area contributed by atoms with E-state index < -0.39 is 0 Å². The fourth-order valence-electron chi connectivity index (χ4n) is 2.42. The van der Waals surface area contributed by atoms with Gasteiger partial charge in [-0.3, -0.25) is 9.78 Å². The molecule has 0 spiro atoms. The molecule has 4 nitrogen and oxygen atoms in total. The highest BCUT2D eigenvalue weighted by Gasteiger charge is 2.28. The summed E-state index contributed by atoms with van der Waals surface area (Å²) in [6.45, 7) is 2.46. The van der Waals surface area contributed by atoms with Crippen LogP contribution < -0.4 is 11.1 Å². The van der Waals surface area contributed by atoms with Gasteiger partial charge in [-0.15, -0.1) is 24.8 Å². The van der Waals surface area contributed by atoms with Gasteiger partial charge in [0.1, 0.15) is 0 Å². The first-order chi connectivity index (χ1) is 9.65. The van der Waals surface area contributed by atoms with Crippen molar-refractivity contribution in [1.29, 1.82) is 0 Å². The number of amides is 1. The number of nitrogens with one attached hydrogen (secondary N) is 1. The second kappa shape index (κ2) is 7.77. The number of halogens is 2. The van der Waals surface area contributed by atoms with Crippen LogP contribution in [0.1, 0.15) is 28.9 Å². The Bertz CT molecular complexity index is 659. The molecule has 22 heavy (non-hydrogen) atoms. The van der Waals surface area contributed by atoms with Gasteiger partial charge in [0.25, 0.3) is 5.91 Å². The van der Waals surface area contributed by atoms with E-state index in [9.17, 15) is 4.79 Å². The first-order valence-corrected chi connectivity index (χ1v) is 7.05. The molecule has 6 heteroatoms. The van der Waals surface area contributed by atoms with Gasteiger partial charge in [0.2, 0.25) is 0 Å². The number of para-hydroxylation sites is 1. The third kappa shape index (κ3) is 4.09. The fraction of sp³-hybridized carbons (Fsp3) is 0.375. The quantitative estimate of drug-likeness (QED) is 0.898. The summed E-state index contributed by atoms with van der Waals surface area (Å²) in [6, 6.07) is 9.68. The number of rotatable bonds is 4. The summed E-state index contributed by atoms with van der Waals surface area (Å²) >= 11 is 0. The number of hydrogen-bond donors (Lipinski definition) is 2. The summed E-state index contributed by atoms with van der Waals surface area (Å²) in [5.74, 6) is 0.494. The largest absolute Gasteiger partial charge is 0.350 e. The van der Waals surface area contributed by atoms with E-state index in [-0.39, 0.29) is 36.8 Å². The van der Waals surface area contributed by atoms with Gasteiger partial charge < -0.3 is 11.1 Å². The third-order valence-corrected chi connectivity index (χ3v) is 3.83. The summed E-state index contributed by atoms with van der Waals surface area (Å²) in [7, 11) is 0. The molecule has 0 bridgehead atoms. The zero-order valence-electron chi connectivity index (χ0n) is 12.4. The van der Waals surface area contributed by atoms with Crippen LogP contribution in [0.15, 0.2) is 30.3 Å². The normalized spacial score (nSPS) is 14.6. The molecule has 1 aromatic carbocycles. The van der Waals surface area contributed by atoms with Crippen molar-refractivity contribution in [3.63, 3.8) is 0 Å². The molecule has 1 heterocycles. The summed E-state index contributed by atoms with van der Waals surface area (Å²) in [5, 5.41) is 3.91. The Morgan fingerprint density at radius 3 is 2.73 bits per heavy atom. The maximum atomic E-state index is 12.3. The van der Waals surface area contributed by atoms with Gasteiger partial charge in [0.05, 0.1) is 11.1 Å². The second-order valence-electron chi connectivity index (χ2n) is 5.54. The van der Waals surface area contributed by atoms with E-state index in [1.165, 1.54) is 12.8 Å².